The lowest BCUT2D eigenvalue weighted by molar-refractivity contribution is 0.0549. The van der Waals surface area contributed by atoms with Crippen LogP contribution >= 0.6 is 0 Å². The van der Waals surface area contributed by atoms with Gasteiger partial charge in [-0.3, -0.25) is 19.3 Å². The van der Waals surface area contributed by atoms with Gasteiger partial charge in [0, 0.05) is 17.3 Å². The Balaban J connectivity index is 1.37. The fourth-order valence-electron chi connectivity index (χ4n) is 4.28. The normalized spacial score (nSPS) is 16.5. The van der Waals surface area contributed by atoms with Gasteiger partial charge in [0.25, 0.3) is 17.7 Å². The summed E-state index contributed by atoms with van der Waals surface area (Å²) in [4.78, 5) is 40.0. The second-order valence-electron chi connectivity index (χ2n) is 7.79. The fraction of sp³-hybridized carbons (Fsp3) is 0.273. The van der Waals surface area contributed by atoms with E-state index in [-0.39, 0.29) is 23.8 Å². The van der Waals surface area contributed by atoms with Crippen LogP contribution in [0.3, 0.4) is 0 Å². The number of carbonyl (C=O) groups excluding carboxylic acids is 3. The lowest BCUT2D eigenvalue weighted by Gasteiger charge is -2.29. The van der Waals surface area contributed by atoms with Gasteiger partial charge in [-0.05, 0) is 59.7 Å². The SMILES string of the molecule is O=C(Nc1cccc(-n2cnnn2)c1)c1ccc2c(c1)C(=O)N(C1CCCCC1)C2=O. The van der Waals surface area contributed by atoms with Gasteiger partial charge >= 0.3 is 0 Å². The molecule has 1 aromatic heterocycles. The van der Waals surface area contributed by atoms with Crippen molar-refractivity contribution >= 4 is 23.4 Å². The van der Waals surface area contributed by atoms with Gasteiger partial charge in [-0.1, -0.05) is 25.3 Å². The van der Waals surface area contributed by atoms with Crippen LogP contribution in [0, 0.1) is 0 Å². The smallest absolute Gasteiger partial charge is 0.261 e. The quantitative estimate of drug-likeness (QED) is 0.655. The van der Waals surface area contributed by atoms with E-state index >= 15 is 0 Å². The summed E-state index contributed by atoms with van der Waals surface area (Å²) >= 11 is 0. The Morgan fingerprint density at radius 3 is 2.55 bits per heavy atom. The van der Waals surface area contributed by atoms with Crippen molar-refractivity contribution < 1.29 is 14.4 Å². The summed E-state index contributed by atoms with van der Waals surface area (Å²) in [6.45, 7) is 0. The van der Waals surface area contributed by atoms with Gasteiger partial charge in [0.1, 0.15) is 6.33 Å². The van der Waals surface area contributed by atoms with Crippen LogP contribution in [0.25, 0.3) is 5.69 Å². The third-order valence-corrected chi connectivity index (χ3v) is 5.84. The van der Waals surface area contributed by atoms with Gasteiger partial charge in [0.05, 0.1) is 16.8 Å². The highest BCUT2D eigenvalue weighted by Gasteiger charge is 2.40. The van der Waals surface area contributed by atoms with Crippen molar-refractivity contribution in [3.8, 4) is 5.69 Å². The van der Waals surface area contributed by atoms with Crippen LogP contribution in [-0.2, 0) is 0 Å². The Kier molecular flexibility index (Phi) is 4.78. The monoisotopic (exact) mass is 416 g/mol. The van der Waals surface area contributed by atoms with E-state index < -0.39 is 0 Å². The van der Waals surface area contributed by atoms with E-state index in [1.807, 2.05) is 6.07 Å². The Labute approximate surface area is 178 Å². The standard InChI is InChI=1S/C22H20N6O3/c29-20(24-15-5-4-8-17(12-15)27-13-23-25-26-27)14-9-10-18-19(11-14)22(31)28(21(18)30)16-6-2-1-3-7-16/h4-5,8-13,16H,1-3,6-7H2,(H,24,29). The maximum atomic E-state index is 13.0. The highest BCUT2D eigenvalue weighted by atomic mass is 16.2. The Bertz CT molecular complexity index is 1170. The molecule has 3 amide bonds. The molecule has 2 heterocycles. The predicted octanol–water partition coefficient (Wildman–Crippen LogP) is 2.84. The molecule has 0 radical (unpaired) electrons. The number of amides is 3. The third-order valence-electron chi connectivity index (χ3n) is 5.84. The minimum absolute atomic E-state index is 0.0487. The molecule has 0 saturated heterocycles. The molecule has 0 spiro atoms. The second-order valence-corrected chi connectivity index (χ2v) is 7.79. The van der Waals surface area contributed by atoms with E-state index in [0.717, 1.165) is 32.1 Å². The van der Waals surface area contributed by atoms with Crippen LogP contribution in [0.15, 0.2) is 48.8 Å². The molecule has 1 fully saturated rings. The molecule has 31 heavy (non-hydrogen) atoms. The zero-order valence-electron chi connectivity index (χ0n) is 16.7. The molecule has 2 aliphatic rings. The van der Waals surface area contributed by atoms with Gasteiger partial charge in [-0.2, -0.15) is 0 Å². The highest BCUT2D eigenvalue weighted by Crippen LogP contribution is 2.31. The minimum Gasteiger partial charge on any atom is -0.322 e. The van der Waals surface area contributed by atoms with Crippen molar-refractivity contribution in [3.63, 3.8) is 0 Å². The number of carbonyl (C=O) groups is 3. The highest BCUT2D eigenvalue weighted by molar-refractivity contribution is 6.22. The lowest BCUT2D eigenvalue weighted by atomic mass is 9.94. The number of fused-ring (bicyclic) bond motifs is 1. The lowest BCUT2D eigenvalue weighted by Crippen LogP contribution is -2.40. The second kappa shape index (κ2) is 7.75. The van der Waals surface area contributed by atoms with E-state index in [9.17, 15) is 14.4 Å². The minimum atomic E-state index is -0.368. The van der Waals surface area contributed by atoms with Crippen LogP contribution in [0.4, 0.5) is 5.69 Å². The molecule has 1 saturated carbocycles. The first-order chi connectivity index (χ1) is 15.1. The first-order valence-corrected chi connectivity index (χ1v) is 10.3. The van der Waals surface area contributed by atoms with Gasteiger partial charge in [-0.25, -0.2) is 4.68 Å². The maximum Gasteiger partial charge on any atom is 0.261 e. The molecule has 0 atom stereocenters. The molecular weight excluding hydrogens is 396 g/mol. The van der Waals surface area contributed by atoms with Crippen LogP contribution in [-0.4, -0.2) is 48.9 Å². The molecule has 1 aliphatic heterocycles. The average molecular weight is 416 g/mol. The van der Waals surface area contributed by atoms with Gasteiger partial charge < -0.3 is 5.32 Å². The maximum absolute atomic E-state index is 13.0. The number of anilines is 1. The molecule has 1 N–H and O–H groups in total. The molecule has 156 valence electrons. The van der Waals surface area contributed by atoms with Crippen LogP contribution in [0.2, 0.25) is 0 Å². The van der Waals surface area contributed by atoms with Crippen molar-refractivity contribution in [3.05, 3.63) is 65.5 Å². The Hall–Kier alpha value is -3.88. The van der Waals surface area contributed by atoms with Gasteiger partial charge in [0.2, 0.25) is 0 Å². The van der Waals surface area contributed by atoms with E-state index in [4.69, 9.17) is 0 Å². The summed E-state index contributed by atoms with van der Waals surface area (Å²) in [5, 5.41) is 13.9. The van der Waals surface area contributed by atoms with E-state index in [0.29, 0.717) is 28.1 Å². The third kappa shape index (κ3) is 3.48. The molecule has 0 bridgehead atoms. The molecule has 1 aliphatic carbocycles. The molecule has 9 nitrogen and oxygen atoms in total. The number of aromatic nitrogens is 4. The van der Waals surface area contributed by atoms with Gasteiger partial charge in [-0.15, -0.1) is 5.10 Å². The zero-order chi connectivity index (χ0) is 21.4. The van der Waals surface area contributed by atoms with Crippen molar-refractivity contribution in [2.45, 2.75) is 38.1 Å². The number of hydrogen-bond donors (Lipinski definition) is 1. The molecular formula is C22H20N6O3. The van der Waals surface area contributed by atoms with E-state index in [1.165, 1.54) is 22.0 Å². The summed E-state index contributed by atoms with van der Waals surface area (Å²) < 4.78 is 1.48. The van der Waals surface area contributed by atoms with Gasteiger partial charge in [0.15, 0.2) is 0 Å². The number of benzene rings is 2. The molecule has 9 heteroatoms. The molecule has 5 rings (SSSR count). The van der Waals surface area contributed by atoms with E-state index in [2.05, 4.69) is 20.8 Å². The van der Waals surface area contributed by atoms with Crippen LogP contribution in [0.1, 0.15) is 63.2 Å². The summed E-state index contributed by atoms with van der Waals surface area (Å²) in [6, 6.07) is 11.7. The fourth-order valence-corrected chi connectivity index (χ4v) is 4.28. The van der Waals surface area contributed by atoms with Crippen molar-refractivity contribution in [2.24, 2.45) is 0 Å². The topological polar surface area (TPSA) is 110 Å². The Morgan fingerprint density at radius 1 is 0.968 bits per heavy atom. The van der Waals surface area contributed by atoms with E-state index in [1.54, 1.807) is 30.3 Å². The first kappa shape index (κ1) is 19.1. The van der Waals surface area contributed by atoms with Crippen LogP contribution in [0.5, 0.6) is 0 Å². The number of tetrazole rings is 1. The van der Waals surface area contributed by atoms with Crippen molar-refractivity contribution in [2.75, 3.05) is 5.32 Å². The zero-order valence-corrected chi connectivity index (χ0v) is 16.7. The van der Waals surface area contributed by atoms with Crippen molar-refractivity contribution in [1.82, 2.24) is 25.1 Å². The number of nitrogens with zero attached hydrogens (tertiary/aromatic N) is 5. The van der Waals surface area contributed by atoms with Crippen molar-refractivity contribution in [1.29, 1.82) is 0 Å². The first-order valence-electron chi connectivity index (χ1n) is 10.3. The number of rotatable bonds is 4. The molecule has 3 aromatic rings. The number of imide groups is 1. The number of hydrogen-bond acceptors (Lipinski definition) is 6. The predicted molar refractivity (Wildman–Crippen MR) is 111 cm³/mol. The summed E-state index contributed by atoms with van der Waals surface area (Å²) in [5.74, 6) is -0.928. The molecule has 2 aromatic carbocycles. The summed E-state index contributed by atoms with van der Waals surface area (Å²) in [7, 11) is 0. The van der Waals surface area contributed by atoms with Crippen LogP contribution < -0.4 is 5.32 Å². The molecule has 0 unspecified atom stereocenters. The summed E-state index contributed by atoms with van der Waals surface area (Å²) in [6.07, 6.45) is 6.33. The number of nitrogens with one attached hydrogen (secondary N) is 1. The Morgan fingerprint density at radius 2 is 1.77 bits per heavy atom. The summed E-state index contributed by atoms with van der Waals surface area (Å²) in [5.41, 5.74) is 2.24. The largest absolute Gasteiger partial charge is 0.322 e. The average Bonchev–Trinajstić information content (AvgIpc) is 3.42.